The Labute approximate surface area is 173 Å². The summed E-state index contributed by atoms with van der Waals surface area (Å²) in [5.74, 6) is 1.12. The third-order valence-electron chi connectivity index (χ3n) is 5.29. The summed E-state index contributed by atoms with van der Waals surface area (Å²) < 4.78 is 5.28. The van der Waals surface area contributed by atoms with Crippen LogP contribution in [-0.2, 0) is 9.59 Å². The Morgan fingerprint density at radius 3 is 2.82 bits per heavy atom. The van der Waals surface area contributed by atoms with Crippen LogP contribution in [0, 0.1) is 5.92 Å². The fourth-order valence-corrected chi connectivity index (χ4v) is 3.88. The Balaban J connectivity index is 0.00000280. The molecule has 0 aliphatic carbocycles. The molecule has 0 radical (unpaired) electrons. The number of methoxy groups -OCH3 is 1. The minimum atomic E-state index is -0.0423. The van der Waals surface area contributed by atoms with Gasteiger partial charge in [0.1, 0.15) is 5.75 Å². The highest BCUT2D eigenvalue weighted by molar-refractivity contribution is 5.93. The molecule has 2 atom stereocenters. The second-order valence-corrected chi connectivity index (χ2v) is 7.39. The molecule has 7 nitrogen and oxygen atoms in total. The molecule has 2 amide bonds. The van der Waals surface area contributed by atoms with Crippen LogP contribution in [0.4, 0.5) is 5.69 Å². The molecule has 2 saturated heterocycles. The van der Waals surface area contributed by atoms with E-state index < -0.39 is 0 Å². The number of rotatable bonds is 7. The standard InChI is InChI=1S/C20H30N4O3.ClH/c1-27-18-9-3-2-7-16(18)23-19(25)14-24-11-5-6-15(13-24)12-22-20(26)17-8-4-10-21-17;/h2-3,7,9,15,17,21H,4-6,8,10-14H2,1H3,(H,22,26)(H,23,25);1H. The Kier molecular flexibility index (Phi) is 9.02. The zero-order valence-electron chi connectivity index (χ0n) is 16.4. The van der Waals surface area contributed by atoms with Gasteiger partial charge < -0.3 is 20.7 Å². The van der Waals surface area contributed by atoms with Crippen LogP contribution in [0.5, 0.6) is 5.75 Å². The predicted molar refractivity (Wildman–Crippen MR) is 112 cm³/mol. The number of carbonyl (C=O) groups is 2. The van der Waals surface area contributed by atoms with Crippen molar-refractivity contribution in [2.75, 3.05) is 45.2 Å². The van der Waals surface area contributed by atoms with Gasteiger partial charge in [-0.3, -0.25) is 14.5 Å². The first-order chi connectivity index (χ1) is 13.2. The van der Waals surface area contributed by atoms with Crippen LogP contribution in [0.1, 0.15) is 25.7 Å². The summed E-state index contributed by atoms with van der Waals surface area (Å²) >= 11 is 0. The van der Waals surface area contributed by atoms with Crippen molar-refractivity contribution < 1.29 is 14.3 Å². The molecular formula is C20H31ClN4O3. The van der Waals surface area contributed by atoms with E-state index in [-0.39, 0.29) is 30.3 Å². The van der Waals surface area contributed by atoms with Gasteiger partial charge in [0.2, 0.25) is 11.8 Å². The van der Waals surface area contributed by atoms with Crippen molar-refractivity contribution in [3.8, 4) is 5.75 Å². The van der Waals surface area contributed by atoms with Gasteiger partial charge in [0, 0.05) is 13.1 Å². The summed E-state index contributed by atoms with van der Waals surface area (Å²) in [6.45, 7) is 3.70. The molecule has 2 aliphatic heterocycles. The first kappa shape index (κ1) is 22.5. The molecule has 3 N–H and O–H groups in total. The Bertz CT molecular complexity index is 652. The topological polar surface area (TPSA) is 82.7 Å². The van der Waals surface area contributed by atoms with E-state index in [1.807, 2.05) is 24.3 Å². The number of hydrogen-bond donors (Lipinski definition) is 3. The van der Waals surface area contributed by atoms with Crippen LogP contribution in [-0.4, -0.2) is 62.6 Å². The number of anilines is 1. The van der Waals surface area contributed by atoms with E-state index in [1.54, 1.807) is 7.11 Å². The summed E-state index contributed by atoms with van der Waals surface area (Å²) in [4.78, 5) is 26.7. The number of nitrogens with zero attached hydrogens (tertiary/aromatic N) is 1. The number of para-hydroxylation sites is 2. The van der Waals surface area contributed by atoms with E-state index in [2.05, 4.69) is 20.9 Å². The molecule has 3 rings (SSSR count). The average molecular weight is 411 g/mol. The van der Waals surface area contributed by atoms with Gasteiger partial charge in [-0.25, -0.2) is 0 Å². The molecule has 2 unspecified atom stereocenters. The molecule has 1 aromatic carbocycles. The average Bonchev–Trinajstić information content (AvgIpc) is 3.22. The maximum Gasteiger partial charge on any atom is 0.238 e. The summed E-state index contributed by atoms with van der Waals surface area (Å²) in [6.07, 6.45) is 4.12. The van der Waals surface area contributed by atoms with Crippen molar-refractivity contribution in [3.63, 3.8) is 0 Å². The number of hydrogen-bond acceptors (Lipinski definition) is 5. The van der Waals surface area contributed by atoms with Gasteiger partial charge in [0.25, 0.3) is 0 Å². The zero-order valence-corrected chi connectivity index (χ0v) is 17.2. The van der Waals surface area contributed by atoms with Gasteiger partial charge in [-0.05, 0) is 56.8 Å². The van der Waals surface area contributed by atoms with E-state index >= 15 is 0 Å². The van der Waals surface area contributed by atoms with Crippen LogP contribution < -0.4 is 20.7 Å². The predicted octanol–water partition coefficient (Wildman–Crippen LogP) is 1.64. The van der Waals surface area contributed by atoms with Crippen molar-refractivity contribution in [1.29, 1.82) is 0 Å². The third kappa shape index (κ3) is 6.36. The molecule has 2 heterocycles. The quantitative estimate of drug-likeness (QED) is 0.636. The maximum atomic E-state index is 12.4. The van der Waals surface area contributed by atoms with Crippen molar-refractivity contribution in [1.82, 2.24) is 15.5 Å². The van der Waals surface area contributed by atoms with Crippen LogP contribution in [0.15, 0.2) is 24.3 Å². The summed E-state index contributed by atoms with van der Waals surface area (Å²) in [5.41, 5.74) is 0.690. The maximum absolute atomic E-state index is 12.4. The first-order valence-electron chi connectivity index (χ1n) is 9.82. The molecular weight excluding hydrogens is 380 g/mol. The molecule has 8 heteroatoms. The Morgan fingerprint density at radius 1 is 1.25 bits per heavy atom. The van der Waals surface area contributed by atoms with E-state index in [1.165, 1.54) is 0 Å². The van der Waals surface area contributed by atoms with Gasteiger partial charge in [-0.1, -0.05) is 12.1 Å². The molecule has 0 aromatic heterocycles. The second kappa shape index (κ2) is 11.2. The van der Waals surface area contributed by atoms with E-state index in [0.717, 1.165) is 45.3 Å². The lowest BCUT2D eigenvalue weighted by Crippen LogP contribution is -2.46. The Morgan fingerprint density at radius 2 is 2.07 bits per heavy atom. The first-order valence-corrected chi connectivity index (χ1v) is 9.82. The third-order valence-corrected chi connectivity index (χ3v) is 5.29. The molecule has 2 aliphatic rings. The minimum absolute atomic E-state index is 0. The van der Waals surface area contributed by atoms with Gasteiger partial charge in [-0.2, -0.15) is 0 Å². The fraction of sp³-hybridized carbons (Fsp3) is 0.600. The number of amides is 2. The number of carbonyl (C=O) groups excluding carboxylic acids is 2. The van der Waals surface area contributed by atoms with E-state index in [4.69, 9.17) is 4.74 Å². The number of likely N-dealkylation sites (tertiary alicyclic amines) is 1. The minimum Gasteiger partial charge on any atom is -0.495 e. The Hall–Kier alpha value is -1.83. The molecule has 0 saturated carbocycles. The van der Waals surface area contributed by atoms with Gasteiger partial charge in [0.15, 0.2) is 0 Å². The summed E-state index contributed by atoms with van der Waals surface area (Å²) in [5, 5.41) is 9.23. The number of ether oxygens (including phenoxy) is 1. The number of piperidine rings is 1. The smallest absolute Gasteiger partial charge is 0.238 e. The monoisotopic (exact) mass is 410 g/mol. The second-order valence-electron chi connectivity index (χ2n) is 7.39. The summed E-state index contributed by atoms with van der Waals surface area (Å²) in [7, 11) is 1.59. The SMILES string of the molecule is COc1ccccc1NC(=O)CN1CCCC(CNC(=O)C2CCCN2)C1.Cl. The lowest BCUT2D eigenvalue weighted by molar-refractivity contribution is -0.123. The van der Waals surface area contributed by atoms with E-state index in [0.29, 0.717) is 30.4 Å². The van der Waals surface area contributed by atoms with Crippen LogP contribution in [0.2, 0.25) is 0 Å². The lowest BCUT2D eigenvalue weighted by Gasteiger charge is -2.32. The van der Waals surface area contributed by atoms with E-state index in [9.17, 15) is 9.59 Å². The number of benzene rings is 1. The van der Waals surface area contributed by atoms with Crippen molar-refractivity contribution in [3.05, 3.63) is 24.3 Å². The lowest BCUT2D eigenvalue weighted by atomic mass is 9.98. The molecule has 1 aromatic rings. The molecule has 28 heavy (non-hydrogen) atoms. The number of nitrogens with one attached hydrogen (secondary N) is 3. The van der Waals surface area contributed by atoms with Crippen LogP contribution >= 0.6 is 12.4 Å². The molecule has 0 bridgehead atoms. The van der Waals surface area contributed by atoms with Crippen molar-refractivity contribution >= 4 is 29.9 Å². The summed E-state index contributed by atoms with van der Waals surface area (Å²) in [6, 6.07) is 7.38. The van der Waals surface area contributed by atoms with Gasteiger partial charge in [-0.15, -0.1) is 12.4 Å². The largest absolute Gasteiger partial charge is 0.495 e. The fourth-order valence-electron chi connectivity index (χ4n) is 3.88. The van der Waals surface area contributed by atoms with Crippen molar-refractivity contribution in [2.45, 2.75) is 31.7 Å². The highest BCUT2D eigenvalue weighted by Crippen LogP contribution is 2.23. The van der Waals surface area contributed by atoms with Crippen molar-refractivity contribution in [2.24, 2.45) is 5.92 Å². The zero-order chi connectivity index (χ0) is 19.1. The van der Waals surface area contributed by atoms with Gasteiger partial charge >= 0.3 is 0 Å². The van der Waals surface area contributed by atoms with Gasteiger partial charge in [0.05, 0.1) is 25.4 Å². The molecule has 156 valence electrons. The molecule has 0 spiro atoms. The number of halogens is 1. The highest BCUT2D eigenvalue weighted by atomic mass is 35.5. The molecule has 2 fully saturated rings. The van der Waals surface area contributed by atoms with Crippen LogP contribution in [0.25, 0.3) is 0 Å². The normalized spacial score (nSPS) is 22.2. The van der Waals surface area contributed by atoms with Crippen LogP contribution in [0.3, 0.4) is 0 Å². The highest BCUT2D eigenvalue weighted by Gasteiger charge is 2.25.